The standard InChI is InChI=1S/C26H29F3N4O3S/c27-26(28,29)19-4-3-18-5-8-32(25(35)21(18)10-19)14-24(34)31-22-12-33(20-6-9-36-15-20)13-23(22)37-16-17-2-1-7-30-11-17/h1-4,7,10-11,20,22-23H,5-6,8-9,12-16H2,(H,31,34)/t20?,22?,23-/m0/s1. The summed E-state index contributed by atoms with van der Waals surface area (Å²) in [7, 11) is 0. The van der Waals surface area contributed by atoms with Crippen LogP contribution in [0.4, 0.5) is 13.2 Å². The largest absolute Gasteiger partial charge is 0.416 e. The van der Waals surface area contributed by atoms with Crippen molar-refractivity contribution < 1.29 is 27.5 Å². The number of halogens is 3. The summed E-state index contributed by atoms with van der Waals surface area (Å²) in [6.07, 6.45) is 0.411. The van der Waals surface area contributed by atoms with Gasteiger partial charge in [-0.2, -0.15) is 24.9 Å². The number of carbonyl (C=O) groups is 2. The third-order valence-corrected chi connectivity index (χ3v) is 8.60. The molecule has 5 rings (SSSR count). The number of hydrogen-bond acceptors (Lipinski definition) is 6. The molecule has 0 spiro atoms. The van der Waals surface area contributed by atoms with E-state index >= 15 is 0 Å². The van der Waals surface area contributed by atoms with E-state index in [2.05, 4.69) is 15.2 Å². The molecule has 2 fully saturated rings. The van der Waals surface area contributed by atoms with Crippen LogP contribution in [0.15, 0.2) is 42.7 Å². The van der Waals surface area contributed by atoms with Gasteiger partial charge in [0.1, 0.15) is 0 Å². The normalized spacial score (nSPS) is 24.4. The lowest BCUT2D eigenvalue weighted by molar-refractivity contribution is -0.137. The topological polar surface area (TPSA) is 74.8 Å². The van der Waals surface area contributed by atoms with Gasteiger partial charge in [-0.3, -0.25) is 19.5 Å². The van der Waals surface area contributed by atoms with E-state index < -0.39 is 17.6 Å². The van der Waals surface area contributed by atoms with Gasteiger partial charge in [0, 0.05) is 61.2 Å². The highest BCUT2D eigenvalue weighted by molar-refractivity contribution is 7.99. The van der Waals surface area contributed by atoms with Crippen LogP contribution in [0.3, 0.4) is 0 Å². The van der Waals surface area contributed by atoms with E-state index in [1.54, 1.807) is 18.0 Å². The zero-order valence-electron chi connectivity index (χ0n) is 20.2. The molecule has 3 aliphatic heterocycles. The maximum Gasteiger partial charge on any atom is 0.416 e. The lowest BCUT2D eigenvalue weighted by Crippen LogP contribution is -2.49. The van der Waals surface area contributed by atoms with Crippen LogP contribution in [0.5, 0.6) is 0 Å². The molecule has 11 heteroatoms. The first kappa shape index (κ1) is 26.0. The van der Waals surface area contributed by atoms with E-state index in [4.69, 9.17) is 4.74 Å². The summed E-state index contributed by atoms with van der Waals surface area (Å²) in [6.45, 7) is 3.04. The number of nitrogens with zero attached hydrogens (tertiary/aromatic N) is 3. The minimum atomic E-state index is -4.53. The van der Waals surface area contributed by atoms with Crippen molar-refractivity contribution in [2.45, 2.75) is 42.1 Å². The van der Waals surface area contributed by atoms with Crippen LogP contribution in [0, 0.1) is 0 Å². The number of fused-ring (bicyclic) bond motifs is 1. The Kier molecular flexibility index (Phi) is 7.73. The quantitative estimate of drug-likeness (QED) is 0.589. The molecule has 37 heavy (non-hydrogen) atoms. The predicted molar refractivity (Wildman–Crippen MR) is 133 cm³/mol. The zero-order valence-corrected chi connectivity index (χ0v) is 21.1. The molecular weight excluding hydrogens is 505 g/mol. The molecule has 2 saturated heterocycles. The van der Waals surface area contributed by atoms with Gasteiger partial charge < -0.3 is 15.0 Å². The van der Waals surface area contributed by atoms with Crippen LogP contribution < -0.4 is 5.32 Å². The number of ether oxygens (including phenoxy) is 1. The number of carbonyl (C=O) groups excluding carboxylic acids is 2. The number of amides is 2. The summed E-state index contributed by atoms with van der Waals surface area (Å²) >= 11 is 1.77. The second-order valence-corrected chi connectivity index (χ2v) is 10.9. The SMILES string of the molecule is O=C(CN1CCc2ccc(C(F)(F)F)cc2C1=O)NC1CN(C2CCOC2)C[C@@H]1SCc1cccnc1. The number of benzene rings is 1. The summed E-state index contributed by atoms with van der Waals surface area (Å²) in [6, 6.07) is 7.39. The molecule has 1 aromatic carbocycles. The summed E-state index contributed by atoms with van der Waals surface area (Å²) in [5.74, 6) is -0.0746. The second-order valence-electron chi connectivity index (χ2n) is 9.70. The molecule has 2 aromatic rings. The number of pyridine rings is 1. The molecule has 198 valence electrons. The lowest BCUT2D eigenvalue weighted by Gasteiger charge is -2.29. The summed E-state index contributed by atoms with van der Waals surface area (Å²) in [5, 5.41) is 3.26. The first-order valence-electron chi connectivity index (χ1n) is 12.4. The van der Waals surface area contributed by atoms with Crippen molar-refractivity contribution in [2.24, 2.45) is 0 Å². The van der Waals surface area contributed by atoms with Crippen LogP contribution in [-0.2, 0) is 27.9 Å². The third-order valence-electron chi connectivity index (χ3n) is 7.19. The Morgan fingerprint density at radius 1 is 1.24 bits per heavy atom. The third kappa shape index (κ3) is 6.10. The Morgan fingerprint density at radius 2 is 2.11 bits per heavy atom. The van der Waals surface area contributed by atoms with Gasteiger partial charge in [0.15, 0.2) is 0 Å². The molecular formula is C26H29F3N4O3S. The van der Waals surface area contributed by atoms with Gasteiger partial charge in [-0.1, -0.05) is 12.1 Å². The van der Waals surface area contributed by atoms with Gasteiger partial charge in [-0.25, -0.2) is 0 Å². The summed E-state index contributed by atoms with van der Waals surface area (Å²) in [5.41, 5.74) is 0.844. The number of aromatic nitrogens is 1. The number of hydrogen-bond donors (Lipinski definition) is 1. The average Bonchev–Trinajstić information content (AvgIpc) is 3.55. The van der Waals surface area contributed by atoms with Crippen LogP contribution >= 0.6 is 11.8 Å². The van der Waals surface area contributed by atoms with E-state index in [9.17, 15) is 22.8 Å². The smallest absolute Gasteiger partial charge is 0.380 e. The highest BCUT2D eigenvalue weighted by Crippen LogP contribution is 2.32. The number of thioether (sulfide) groups is 1. The van der Waals surface area contributed by atoms with E-state index in [0.717, 1.165) is 43.0 Å². The van der Waals surface area contributed by atoms with Crippen molar-refractivity contribution >= 4 is 23.6 Å². The Bertz CT molecular complexity index is 1130. The monoisotopic (exact) mass is 534 g/mol. The van der Waals surface area contributed by atoms with E-state index in [-0.39, 0.29) is 29.3 Å². The minimum absolute atomic E-state index is 0.0204. The lowest BCUT2D eigenvalue weighted by atomic mass is 9.96. The van der Waals surface area contributed by atoms with Crippen molar-refractivity contribution in [1.82, 2.24) is 20.1 Å². The molecule has 4 heterocycles. The second kappa shape index (κ2) is 11.0. The minimum Gasteiger partial charge on any atom is -0.380 e. The molecule has 2 unspecified atom stereocenters. The van der Waals surface area contributed by atoms with Gasteiger partial charge in [0.25, 0.3) is 5.91 Å². The Labute approximate surface area is 217 Å². The van der Waals surface area contributed by atoms with Crippen LogP contribution in [0.25, 0.3) is 0 Å². The van der Waals surface area contributed by atoms with E-state index in [1.807, 2.05) is 18.3 Å². The van der Waals surface area contributed by atoms with Crippen LogP contribution in [0.2, 0.25) is 0 Å². The molecule has 7 nitrogen and oxygen atoms in total. The highest BCUT2D eigenvalue weighted by Gasteiger charge is 2.39. The highest BCUT2D eigenvalue weighted by atomic mass is 32.2. The van der Waals surface area contributed by atoms with E-state index in [0.29, 0.717) is 37.7 Å². The number of likely N-dealkylation sites (tertiary alicyclic amines) is 1. The van der Waals surface area contributed by atoms with Crippen molar-refractivity contribution in [3.05, 3.63) is 65.0 Å². The summed E-state index contributed by atoms with van der Waals surface area (Å²) < 4.78 is 45.1. The maximum atomic E-state index is 13.2. The molecule has 0 bridgehead atoms. The maximum absolute atomic E-state index is 13.2. The fourth-order valence-electron chi connectivity index (χ4n) is 5.18. The van der Waals surface area contributed by atoms with Gasteiger partial charge in [0.2, 0.25) is 5.91 Å². The van der Waals surface area contributed by atoms with Crippen molar-refractivity contribution in [3.8, 4) is 0 Å². The van der Waals surface area contributed by atoms with Crippen LogP contribution in [0.1, 0.15) is 33.5 Å². The summed E-state index contributed by atoms with van der Waals surface area (Å²) in [4.78, 5) is 33.9. The van der Waals surface area contributed by atoms with Gasteiger partial charge in [-0.15, -0.1) is 0 Å². The Balaban J connectivity index is 1.23. The van der Waals surface area contributed by atoms with Crippen molar-refractivity contribution in [2.75, 3.05) is 39.4 Å². The van der Waals surface area contributed by atoms with Crippen LogP contribution in [-0.4, -0.2) is 83.3 Å². The van der Waals surface area contributed by atoms with Gasteiger partial charge in [0.05, 0.1) is 24.8 Å². The molecule has 0 aliphatic carbocycles. The first-order chi connectivity index (χ1) is 17.8. The number of rotatable bonds is 7. The molecule has 1 N–H and O–H groups in total. The van der Waals surface area contributed by atoms with Gasteiger partial charge >= 0.3 is 6.18 Å². The number of alkyl halides is 3. The fourth-order valence-corrected chi connectivity index (χ4v) is 6.44. The fraction of sp³-hybridized carbons (Fsp3) is 0.500. The molecule has 2 amide bonds. The molecule has 0 radical (unpaired) electrons. The number of nitrogens with one attached hydrogen (secondary N) is 1. The first-order valence-corrected chi connectivity index (χ1v) is 13.4. The average molecular weight is 535 g/mol. The molecule has 3 atom stereocenters. The Hall–Kier alpha value is -2.63. The molecule has 3 aliphatic rings. The zero-order chi connectivity index (χ0) is 26.0. The molecule has 0 saturated carbocycles. The molecule has 1 aromatic heterocycles. The Morgan fingerprint density at radius 3 is 2.84 bits per heavy atom. The van der Waals surface area contributed by atoms with E-state index in [1.165, 1.54) is 11.0 Å². The van der Waals surface area contributed by atoms with Gasteiger partial charge in [-0.05, 0) is 42.2 Å². The van der Waals surface area contributed by atoms with Crippen molar-refractivity contribution in [1.29, 1.82) is 0 Å². The van der Waals surface area contributed by atoms with Crippen molar-refractivity contribution in [3.63, 3.8) is 0 Å². The predicted octanol–water partition coefficient (Wildman–Crippen LogP) is 2.99.